The van der Waals surface area contributed by atoms with Crippen LogP contribution in [-0.2, 0) is 16.1 Å². The fraction of sp³-hybridized carbons (Fsp3) is 0.462. The Morgan fingerprint density at radius 2 is 2.03 bits per heavy atom. The van der Waals surface area contributed by atoms with Crippen LogP contribution in [0.3, 0.4) is 0 Å². The molecule has 1 aliphatic rings. The monoisotopic (exact) mass is 496 g/mol. The summed E-state index contributed by atoms with van der Waals surface area (Å²) in [6.45, 7) is 6.97. The van der Waals surface area contributed by atoms with Gasteiger partial charge in [0.05, 0.1) is 23.2 Å². The second-order valence-electron chi connectivity index (χ2n) is 9.34. The van der Waals surface area contributed by atoms with Gasteiger partial charge in [-0.05, 0) is 42.0 Å². The van der Waals surface area contributed by atoms with Crippen LogP contribution in [0.4, 0.5) is 0 Å². The smallest absolute Gasteiger partial charge is 0.254 e. The first-order valence-corrected chi connectivity index (χ1v) is 12.7. The number of ether oxygens (including phenoxy) is 1. The second kappa shape index (κ2) is 10.6. The summed E-state index contributed by atoms with van der Waals surface area (Å²) in [4.78, 5) is 35.9. The molecule has 1 aromatic carbocycles. The number of nitrogens with zero attached hydrogens (tertiary/aromatic N) is 4. The summed E-state index contributed by atoms with van der Waals surface area (Å²) in [5.41, 5.74) is 5.03. The predicted molar refractivity (Wildman–Crippen MR) is 134 cm³/mol. The van der Waals surface area contributed by atoms with Crippen LogP contribution in [-0.4, -0.2) is 58.5 Å². The quantitative estimate of drug-likeness (QED) is 0.456. The van der Waals surface area contributed by atoms with Crippen LogP contribution < -0.4 is 4.74 Å². The molecule has 35 heavy (non-hydrogen) atoms. The lowest BCUT2D eigenvalue weighted by molar-refractivity contribution is -0.145. The van der Waals surface area contributed by atoms with E-state index in [1.54, 1.807) is 34.3 Å². The first-order chi connectivity index (χ1) is 16.8. The fourth-order valence-corrected chi connectivity index (χ4v) is 5.47. The van der Waals surface area contributed by atoms with Gasteiger partial charge in [-0.1, -0.05) is 38.1 Å². The Morgan fingerprint density at radius 3 is 2.63 bits per heavy atom. The number of benzene rings is 1. The molecule has 186 valence electrons. The third-order valence-corrected chi connectivity index (χ3v) is 7.51. The van der Waals surface area contributed by atoms with Crippen LogP contribution in [0, 0.1) is 12.8 Å². The van der Waals surface area contributed by atoms with Crippen LogP contribution in [0.25, 0.3) is 10.4 Å². The van der Waals surface area contributed by atoms with Crippen molar-refractivity contribution in [2.24, 2.45) is 5.92 Å². The Labute approximate surface area is 209 Å². The van der Waals surface area contributed by atoms with Crippen LogP contribution >= 0.6 is 11.3 Å². The van der Waals surface area contributed by atoms with Crippen LogP contribution in [0.5, 0.6) is 5.88 Å². The number of likely N-dealkylation sites (N-methyl/N-ethyl adjacent to an activating group) is 1. The Morgan fingerprint density at radius 1 is 1.29 bits per heavy atom. The molecule has 1 unspecified atom stereocenters. The highest BCUT2D eigenvalue weighted by Crippen LogP contribution is 2.33. The highest BCUT2D eigenvalue weighted by Gasteiger charge is 2.41. The predicted octanol–water partition coefficient (Wildman–Crippen LogP) is 4.50. The van der Waals surface area contributed by atoms with Gasteiger partial charge < -0.3 is 19.1 Å². The largest absolute Gasteiger partial charge is 0.479 e. The number of carbonyl (C=O) groups is 2. The summed E-state index contributed by atoms with van der Waals surface area (Å²) in [6, 6.07) is 9.40. The Bertz CT molecular complexity index is 1170. The molecule has 2 amide bonds. The van der Waals surface area contributed by atoms with E-state index in [1.807, 2.05) is 38.4 Å². The van der Waals surface area contributed by atoms with Gasteiger partial charge in [-0.25, -0.2) is 4.98 Å². The lowest BCUT2D eigenvalue weighted by Gasteiger charge is -2.31. The molecule has 2 aromatic heterocycles. The summed E-state index contributed by atoms with van der Waals surface area (Å²) < 4.78 is 10.5. The van der Waals surface area contributed by atoms with E-state index >= 15 is 0 Å². The molecule has 0 N–H and O–H groups in total. The van der Waals surface area contributed by atoms with Gasteiger partial charge in [0.1, 0.15) is 12.0 Å². The normalized spacial score (nSPS) is 16.5. The van der Waals surface area contributed by atoms with Crippen LogP contribution in [0.2, 0.25) is 0 Å². The van der Waals surface area contributed by atoms with Crippen molar-refractivity contribution in [2.75, 3.05) is 20.7 Å². The summed E-state index contributed by atoms with van der Waals surface area (Å²) in [6.07, 6.45) is 1.45. The maximum Gasteiger partial charge on any atom is 0.254 e. The van der Waals surface area contributed by atoms with Crippen molar-refractivity contribution in [3.63, 3.8) is 0 Å². The molecule has 1 aliphatic heterocycles. The van der Waals surface area contributed by atoms with Gasteiger partial charge in [0.25, 0.3) is 5.88 Å². The second-order valence-corrected chi connectivity index (χ2v) is 10.2. The Kier molecular flexibility index (Phi) is 7.54. The number of likely N-dealkylation sites (tertiary alicyclic amines) is 1. The van der Waals surface area contributed by atoms with E-state index in [0.717, 1.165) is 28.1 Å². The van der Waals surface area contributed by atoms with Gasteiger partial charge in [0.2, 0.25) is 11.8 Å². The molecule has 1 fully saturated rings. The summed E-state index contributed by atoms with van der Waals surface area (Å²) in [5.74, 6) is 0.110. The first kappa shape index (κ1) is 24.9. The minimum atomic E-state index is -0.521. The maximum absolute atomic E-state index is 13.6. The lowest BCUT2D eigenvalue weighted by Crippen LogP contribution is -2.48. The van der Waals surface area contributed by atoms with Crippen molar-refractivity contribution in [1.82, 2.24) is 19.9 Å². The fourth-order valence-electron chi connectivity index (χ4n) is 4.66. The lowest BCUT2D eigenvalue weighted by atomic mass is 9.91. The van der Waals surface area contributed by atoms with Gasteiger partial charge in [0.15, 0.2) is 5.76 Å². The first-order valence-electron chi connectivity index (χ1n) is 11.9. The topological polar surface area (TPSA) is 88.8 Å². The van der Waals surface area contributed by atoms with Gasteiger partial charge in [0, 0.05) is 26.2 Å². The number of amides is 2. The zero-order valence-corrected chi connectivity index (χ0v) is 21.7. The number of aryl methyl sites for hydroxylation is 1. The van der Waals surface area contributed by atoms with Crippen molar-refractivity contribution in [2.45, 2.75) is 52.1 Å². The average Bonchev–Trinajstić information content (AvgIpc) is 3.60. The highest BCUT2D eigenvalue weighted by atomic mass is 32.1. The number of hydrogen-bond acceptors (Lipinski definition) is 7. The van der Waals surface area contributed by atoms with E-state index in [0.29, 0.717) is 31.2 Å². The van der Waals surface area contributed by atoms with Crippen molar-refractivity contribution in [1.29, 1.82) is 0 Å². The molecule has 0 spiro atoms. The number of rotatable bonds is 8. The number of carbonyl (C=O) groups excluding carboxylic acids is 2. The molecule has 1 saturated heterocycles. The van der Waals surface area contributed by atoms with Gasteiger partial charge in [-0.3, -0.25) is 9.59 Å². The molecule has 0 aliphatic carbocycles. The molecule has 0 bridgehead atoms. The van der Waals surface area contributed by atoms with Crippen LogP contribution in [0.1, 0.15) is 49.6 Å². The number of methoxy groups -OCH3 is 1. The Balaban J connectivity index is 1.45. The molecule has 3 aromatic rings. The molecule has 0 radical (unpaired) electrons. The number of thiazole rings is 1. The van der Waals surface area contributed by atoms with Gasteiger partial charge >= 0.3 is 0 Å². The van der Waals surface area contributed by atoms with E-state index in [4.69, 9.17) is 9.26 Å². The standard InChI is InChI=1S/C26H32N4O4S/c1-16(2)23(21-13-22(33-5)28-34-21)26(32)30-12-6-7-20(30)25(31)29(4)14-18-8-10-19(11-9-18)24-17(3)27-15-35-24/h8-11,13,15-16,20,23H,6-7,12,14H2,1-5H3/t20-,23?/m0/s1. The minimum absolute atomic E-state index is 0.0186. The SMILES string of the molecule is COc1cc(C(C(=O)N2CCC[C@H]2C(=O)N(C)Cc2ccc(-c3scnc3C)cc2)C(C)C)on1. The van der Waals surface area contributed by atoms with Crippen LogP contribution in [0.15, 0.2) is 40.4 Å². The van der Waals surface area contributed by atoms with Gasteiger partial charge in [-0.2, -0.15) is 0 Å². The zero-order valence-electron chi connectivity index (χ0n) is 20.9. The van der Waals surface area contributed by atoms with Crippen molar-refractivity contribution in [3.05, 3.63) is 52.9 Å². The molecule has 3 heterocycles. The van der Waals surface area contributed by atoms with E-state index in [9.17, 15) is 9.59 Å². The zero-order chi connectivity index (χ0) is 25.1. The maximum atomic E-state index is 13.6. The molecule has 2 atom stereocenters. The number of aromatic nitrogens is 2. The molecular weight excluding hydrogens is 464 g/mol. The van der Waals surface area contributed by atoms with E-state index in [1.165, 1.54) is 7.11 Å². The average molecular weight is 497 g/mol. The van der Waals surface area contributed by atoms with Gasteiger partial charge in [-0.15, -0.1) is 11.3 Å². The minimum Gasteiger partial charge on any atom is -0.479 e. The third-order valence-electron chi connectivity index (χ3n) is 6.53. The molecule has 0 saturated carbocycles. The summed E-state index contributed by atoms with van der Waals surface area (Å²) in [5, 5.41) is 3.86. The van der Waals surface area contributed by atoms with E-state index < -0.39 is 12.0 Å². The summed E-state index contributed by atoms with van der Waals surface area (Å²) in [7, 11) is 3.30. The van der Waals surface area contributed by atoms with Crippen molar-refractivity contribution >= 4 is 23.2 Å². The van der Waals surface area contributed by atoms with Crippen molar-refractivity contribution < 1.29 is 18.8 Å². The molecule has 8 nitrogen and oxygen atoms in total. The van der Waals surface area contributed by atoms with E-state index in [-0.39, 0.29) is 17.7 Å². The number of hydrogen-bond donors (Lipinski definition) is 0. The molecule has 4 rings (SSSR count). The third kappa shape index (κ3) is 5.24. The molecular formula is C26H32N4O4S. The highest BCUT2D eigenvalue weighted by molar-refractivity contribution is 7.13. The summed E-state index contributed by atoms with van der Waals surface area (Å²) >= 11 is 1.62. The molecule has 9 heteroatoms. The Hall–Kier alpha value is -3.20. The van der Waals surface area contributed by atoms with E-state index in [2.05, 4.69) is 22.3 Å². The van der Waals surface area contributed by atoms with Crippen molar-refractivity contribution in [3.8, 4) is 16.3 Å².